The molecule has 0 aromatic carbocycles. The number of rotatable bonds is 2. The molecule has 1 aliphatic carbocycles. The molecule has 0 radical (unpaired) electrons. The van der Waals surface area contributed by atoms with E-state index in [1.54, 1.807) is 19.1 Å². The zero-order chi connectivity index (χ0) is 14.9. The Morgan fingerprint density at radius 3 is 2.37 bits per heavy atom. The van der Waals surface area contributed by atoms with Gasteiger partial charge in [0.05, 0.1) is 0 Å². The van der Waals surface area contributed by atoms with Gasteiger partial charge in [-0.2, -0.15) is 0 Å². The summed E-state index contributed by atoms with van der Waals surface area (Å²) in [6.45, 7) is 7.57. The van der Waals surface area contributed by atoms with Crippen LogP contribution in [0.15, 0.2) is 23.3 Å². The lowest BCUT2D eigenvalue weighted by molar-refractivity contribution is 0.0996. The Bertz CT molecular complexity index is 506. The van der Waals surface area contributed by atoms with Gasteiger partial charge in [-0.25, -0.2) is 0 Å². The van der Waals surface area contributed by atoms with E-state index in [0.717, 1.165) is 17.6 Å². The first kappa shape index (κ1) is 15.6. The summed E-state index contributed by atoms with van der Waals surface area (Å²) in [6, 6.07) is 0. The van der Waals surface area contributed by atoms with Gasteiger partial charge in [-0.15, -0.1) is 12.8 Å². The molecule has 2 unspecified atom stereocenters. The molecular formula is C17H22O2. The minimum Gasteiger partial charge on any atom is -0.374 e. The van der Waals surface area contributed by atoms with Crippen LogP contribution in [-0.4, -0.2) is 21.4 Å². The molecule has 0 fully saturated rings. The lowest BCUT2D eigenvalue weighted by atomic mass is 9.67. The maximum atomic E-state index is 10.4. The van der Waals surface area contributed by atoms with E-state index in [4.69, 9.17) is 12.8 Å². The topological polar surface area (TPSA) is 40.5 Å². The molecular weight excluding hydrogens is 236 g/mol. The smallest absolute Gasteiger partial charge is 0.147 e. The van der Waals surface area contributed by atoms with Crippen molar-refractivity contribution in [2.75, 3.05) is 0 Å². The highest BCUT2D eigenvalue weighted by atomic mass is 16.3. The van der Waals surface area contributed by atoms with Crippen molar-refractivity contribution in [3.05, 3.63) is 23.3 Å². The molecule has 0 saturated carbocycles. The van der Waals surface area contributed by atoms with Crippen molar-refractivity contribution in [2.45, 2.75) is 51.7 Å². The van der Waals surface area contributed by atoms with Gasteiger partial charge in [0.2, 0.25) is 0 Å². The second kappa shape index (κ2) is 4.89. The second-order valence-electron chi connectivity index (χ2n) is 6.05. The second-order valence-corrected chi connectivity index (χ2v) is 6.05. The van der Waals surface area contributed by atoms with Crippen LogP contribution in [0.25, 0.3) is 0 Å². The third-order valence-corrected chi connectivity index (χ3v) is 3.97. The number of allylic oxidation sites excluding steroid dienone is 2. The van der Waals surface area contributed by atoms with Crippen LogP contribution in [0.3, 0.4) is 0 Å². The van der Waals surface area contributed by atoms with Gasteiger partial charge in [0.15, 0.2) is 0 Å². The molecule has 2 N–H and O–H groups in total. The fourth-order valence-corrected chi connectivity index (χ4v) is 2.37. The molecule has 0 aliphatic heterocycles. The maximum Gasteiger partial charge on any atom is 0.147 e. The molecule has 2 heteroatoms. The largest absolute Gasteiger partial charge is 0.374 e. The summed E-state index contributed by atoms with van der Waals surface area (Å²) in [5.41, 5.74) is -0.898. The van der Waals surface area contributed by atoms with Crippen LogP contribution in [0.2, 0.25) is 0 Å². The van der Waals surface area contributed by atoms with Gasteiger partial charge in [-0.05, 0) is 49.3 Å². The Morgan fingerprint density at radius 1 is 1.32 bits per heavy atom. The zero-order valence-electron chi connectivity index (χ0n) is 12.1. The molecule has 0 spiro atoms. The highest BCUT2D eigenvalue weighted by Gasteiger charge is 2.39. The van der Waals surface area contributed by atoms with Crippen molar-refractivity contribution >= 4 is 0 Å². The standard InChI is InChI=1S/C17H22O2/c1-7-16(6,18)10-9-14-13(3)17(19,8-2)12-11-15(14,4)5/h1-2,9-10,18-19H,11-12H2,3-6H3. The summed E-state index contributed by atoms with van der Waals surface area (Å²) in [4.78, 5) is 0. The normalized spacial score (nSPS) is 29.7. The van der Waals surface area contributed by atoms with Crippen LogP contribution < -0.4 is 0 Å². The average Bonchev–Trinajstić information content (AvgIpc) is 2.34. The summed E-state index contributed by atoms with van der Waals surface area (Å²) in [5, 5.41) is 20.3. The van der Waals surface area contributed by atoms with E-state index >= 15 is 0 Å². The molecule has 0 bridgehead atoms. The first-order chi connectivity index (χ1) is 8.58. The van der Waals surface area contributed by atoms with Crippen molar-refractivity contribution in [3.8, 4) is 24.7 Å². The first-order valence-corrected chi connectivity index (χ1v) is 6.39. The first-order valence-electron chi connectivity index (χ1n) is 6.39. The predicted octanol–water partition coefficient (Wildman–Crippen LogP) is 2.43. The lowest BCUT2D eigenvalue weighted by Crippen LogP contribution is -2.37. The van der Waals surface area contributed by atoms with Crippen molar-refractivity contribution in [2.24, 2.45) is 5.41 Å². The molecule has 1 aliphatic rings. The zero-order valence-corrected chi connectivity index (χ0v) is 12.1. The molecule has 2 nitrogen and oxygen atoms in total. The summed E-state index contributed by atoms with van der Waals surface area (Å²) >= 11 is 0. The number of terminal acetylenes is 2. The van der Waals surface area contributed by atoms with Gasteiger partial charge in [0.25, 0.3) is 0 Å². The molecule has 1 rings (SSSR count). The molecule has 2 atom stereocenters. The van der Waals surface area contributed by atoms with Gasteiger partial charge < -0.3 is 10.2 Å². The van der Waals surface area contributed by atoms with Crippen molar-refractivity contribution in [1.82, 2.24) is 0 Å². The van der Waals surface area contributed by atoms with Gasteiger partial charge in [-0.1, -0.05) is 31.8 Å². The summed E-state index contributed by atoms with van der Waals surface area (Å²) in [7, 11) is 0. The van der Waals surface area contributed by atoms with Gasteiger partial charge >= 0.3 is 0 Å². The minimum atomic E-state index is -1.30. The van der Waals surface area contributed by atoms with E-state index < -0.39 is 11.2 Å². The lowest BCUT2D eigenvalue weighted by Gasteiger charge is -2.40. The predicted molar refractivity (Wildman–Crippen MR) is 78.1 cm³/mol. The molecule has 102 valence electrons. The Balaban J connectivity index is 3.31. The number of hydrogen-bond donors (Lipinski definition) is 2. The van der Waals surface area contributed by atoms with Gasteiger partial charge in [0.1, 0.15) is 11.2 Å². The third kappa shape index (κ3) is 3.10. The number of hydrogen-bond acceptors (Lipinski definition) is 2. The minimum absolute atomic E-state index is 0.103. The fourth-order valence-electron chi connectivity index (χ4n) is 2.37. The quantitative estimate of drug-likeness (QED) is 0.747. The summed E-state index contributed by atoms with van der Waals surface area (Å²) < 4.78 is 0. The van der Waals surface area contributed by atoms with Crippen LogP contribution in [0, 0.1) is 30.1 Å². The van der Waals surface area contributed by atoms with E-state index in [1.165, 1.54) is 0 Å². The van der Waals surface area contributed by atoms with E-state index in [2.05, 4.69) is 25.7 Å². The van der Waals surface area contributed by atoms with Crippen LogP contribution >= 0.6 is 0 Å². The molecule has 0 amide bonds. The van der Waals surface area contributed by atoms with Crippen LogP contribution in [0.5, 0.6) is 0 Å². The number of aliphatic hydroxyl groups is 2. The van der Waals surface area contributed by atoms with Crippen molar-refractivity contribution in [1.29, 1.82) is 0 Å². The molecule has 0 aromatic heterocycles. The monoisotopic (exact) mass is 258 g/mol. The molecule has 0 saturated heterocycles. The van der Waals surface area contributed by atoms with Gasteiger partial charge in [-0.3, -0.25) is 0 Å². The molecule has 0 aromatic rings. The van der Waals surface area contributed by atoms with Gasteiger partial charge in [0, 0.05) is 0 Å². The third-order valence-electron chi connectivity index (χ3n) is 3.97. The summed E-state index contributed by atoms with van der Waals surface area (Å²) in [5.74, 6) is 4.77. The maximum absolute atomic E-state index is 10.4. The van der Waals surface area contributed by atoms with Crippen molar-refractivity contribution < 1.29 is 10.2 Å². The van der Waals surface area contributed by atoms with Crippen LogP contribution in [0.4, 0.5) is 0 Å². The van der Waals surface area contributed by atoms with E-state index in [9.17, 15) is 10.2 Å². The van der Waals surface area contributed by atoms with E-state index in [1.807, 2.05) is 6.92 Å². The van der Waals surface area contributed by atoms with Crippen LogP contribution in [-0.2, 0) is 0 Å². The molecule has 0 heterocycles. The SMILES string of the molecule is C#CC(C)(O)C=CC1=C(C)C(O)(C#C)CCC1(C)C. The van der Waals surface area contributed by atoms with E-state index in [0.29, 0.717) is 6.42 Å². The van der Waals surface area contributed by atoms with Crippen LogP contribution in [0.1, 0.15) is 40.5 Å². The van der Waals surface area contributed by atoms with E-state index in [-0.39, 0.29) is 5.41 Å². The van der Waals surface area contributed by atoms with Crippen molar-refractivity contribution in [3.63, 3.8) is 0 Å². The Labute approximate surface area is 116 Å². The Kier molecular flexibility index (Phi) is 4.01. The fraction of sp³-hybridized carbons (Fsp3) is 0.529. The molecule has 19 heavy (non-hydrogen) atoms. The Hall–Kier alpha value is -1.48. The highest BCUT2D eigenvalue weighted by molar-refractivity contribution is 5.43. The summed E-state index contributed by atoms with van der Waals surface area (Å²) in [6.07, 6.45) is 15.4. The highest BCUT2D eigenvalue weighted by Crippen LogP contribution is 2.45. The average molecular weight is 258 g/mol. The Morgan fingerprint density at radius 2 is 1.89 bits per heavy atom.